The maximum absolute atomic E-state index is 4.67. The summed E-state index contributed by atoms with van der Waals surface area (Å²) >= 11 is 0. The molecule has 8 nitrogen and oxygen atoms in total. The van der Waals surface area contributed by atoms with E-state index in [1.807, 2.05) is 53.9 Å². The Morgan fingerprint density at radius 2 is 2.03 bits per heavy atom. The van der Waals surface area contributed by atoms with E-state index in [2.05, 4.69) is 48.0 Å². The summed E-state index contributed by atoms with van der Waals surface area (Å²) in [4.78, 5) is 11.5. The molecule has 4 aromatic heterocycles. The van der Waals surface area contributed by atoms with Crippen LogP contribution in [-0.4, -0.2) is 50.3 Å². The number of nitrogens with zero attached hydrogens (tertiary/aromatic N) is 6. The van der Waals surface area contributed by atoms with Crippen LogP contribution < -0.4 is 15.5 Å². The highest BCUT2D eigenvalue weighted by atomic mass is 15.3. The van der Waals surface area contributed by atoms with Crippen molar-refractivity contribution in [3.05, 3.63) is 55.2 Å². The largest absolute Gasteiger partial charge is 0.354 e. The minimum atomic E-state index is 0.848. The van der Waals surface area contributed by atoms with Gasteiger partial charge in [-0.25, -0.2) is 9.97 Å². The van der Waals surface area contributed by atoms with Gasteiger partial charge in [-0.05, 0) is 25.1 Å². The minimum absolute atomic E-state index is 0.848. The molecule has 29 heavy (non-hydrogen) atoms. The number of pyridine rings is 2. The number of piperazine rings is 1. The highest BCUT2D eigenvalue weighted by Crippen LogP contribution is 2.27. The van der Waals surface area contributed by atoms with E-state index in [-0.39, 0.29) is 0 Å². The molecule has 0 unspecified atom stereocenters. The van der Waals surface area contributed by atoms with Gasteiger partial charge in [-0.2, -0.15) is 5.10 Å². The van der Waals surface area contributed by atoms with Gasteiger partial charge in [0.05, 0.1) is 23.8 Å². The van der Waals surface area contributed by atoms with E-state index >= 15 is 0 Å². The molecule has 8 heteroatoms. The lowest BCUT2D eigenvalue weighted by atomic mass is 10.2. The molecule has 0 amide bonds. The fourth-order valence-corrected chi connectivity index (χ4v) is 3.71. The third-order valence-corrected chi connectivity index (χ3v) is 5.25. The number of imidazole rings is 1. The van der Waals surface area contributed by atoms with Gasteiger partial charge in [-0.3, -0.25) is 9.08 Å². The van der Waals surface area contributed by atoms with Crippen molar-refractivity contribution >= 4 is 22.8 Å². The molecule has 0 atom stereocenters. The van der Waals surface area contributed by atoms with Crippen molar-refractivity contribution < 1.29 is 0 Å². The second-order valence-corrected chi connectivity index (χ2v) is 7.11. The van der Waals surface area contributed by atoms with Crippen LogP contribution in [0.2, 0.25) is 0 Å². The third-order valence-electron chi connectivity index (χ3n) is 5.25. The highest BCUT2D eigenvalue weighted by Gasteiger charge is 2.14. The zero-order valence-electron chi connectivity index (χ0n) is 16.4. The number of fused-ring (bicyclic) bond motifs is 1. The summed E-state index contributed by atoms with van der Waals surface area (Å²) < 4.78 is 4.02. The Kier molecular flexibility index (Phi) is 4.61. The van der Waals surface area contributed by atoms with Crippen molar-refractivity contribution in [3.8, 4) is 11.3 Å². The first-order valence-corrected chi connectivity index (χ1v) is 9.99. The second kappa shape index (κ2) is 7.56. The molecule has 0 saturated carbocycles. The first-order valence-electron chi connectivity index (χ1n) is 9.99. The average molecular weight is 388 g/mol. The predicted molar refractivity (Wildman–Crippen MR) is 115 cm³/mol. The summed E-state index contributed by atoms with van der Waals surface area (Å²) in [5.41, 5.74) is 4.93. The Labute approximate surface area is 169 Å². The van der Waals surface area contributed by atoms with Gasteiger partial charge in [0.15, 0.2) is 5.65 Å². The van der Waals surface area contributed by atoms with Crippen LogP contribution in [0.5, 0.6) is 0 Å². The van der Waals surface area contributed by atoms with Crippen LogP contribution >= 0.6 is 0 Å². The molecule has 5 heterocycles. The smallest absolute Gasteiger partial charge is 0.161 e. The molecule has 0 radical (unpaired) electrons. The van der Waals surface area contributed by atoms with Crippen molar-refractivity contribution in [2.75, 3.05) is 36.4 Å². The van der Waals surface area contributed by atoms with Crippen molar-refractivity contribution in [3.63, 3.8) is 0 Å². The van der Waals surface area contributed by atoms with Crippen LogP contribution in [0.1, 0.15) is 6.92 Å². The van der Waals surface area contributed by atoms with E-state index in [0.29, 0.717) is 0 Å². The Morgan fingerprint density at radius 1 is 1.14 bits per heavy atom. The monoisotopic (exact) mass is 388 g/mol. The molecule has 0 bridgehead atoms. The van der Waals surface area contributed by atoms with Gasteiger partial charge in [-0.1, -0.05) is 0 Å². The Morgan fingerprint density at radius 3 is 2.86 bits per heavy atom. The lowest BCUT2D eigenvalue weighted by Crippen LogP contribution is -2.43. The molecular weight excluding hydrogens is 364 g/mol. The Balaban J connectivity index is 1.45. The topological polar surface area (TPSA) is 75.3 Å². The minimum Gasteiger partial charge on any atom is -0.354 e. The second-order valence-electron chi connectivity index (χ2n) is 7.11. The van der Waals surface area contributed by atoms with E-state index in [1.165, 1.54) is 0 Å². The van der Waals surface area contributed by atoms with Gasteiger partial charge >= 0.3 is 0 Å². The predicted octanol–water partition coefficient (Wildman–Crippen LogP) is 2.77. The summed E-state index contributed by atoms with van der Waals surface area (Å²) in [6, 6.07) is 8.17. The molecule has 1 aliphatic rings. The molecular formula is C21H24N8. The number of nitrogens with one attached hydrogen (secondary N) is 2. The van der Waals surface area contributed by atoms with Crippen LogP contribution in [0.15, 0.2) is 55.2 Å². The van der Waals surface area contributed by atoms with Gasteiger partial charge < -0.3 is 15.5 Å². The quantitative estimate of drug-likeness (QED) is 0.548. The van der Waals surface area contributed by atoms with E-state index in [4.69, 9.17) is 0 Å². The third kappa shape index (κ3) is 3.42. The Bertz CT molecular complexity index is 1120. The SMILES string of the molecule is CCn1cc(-c2cnc3c(Nc4ccnc(N5CCNCC5)c4)cccn23)cn1. The average Bonchev–Trinajstić information content (AvgIpc) is 3.42. The van der Waals surface area contributed by atoms with E-state index in [1.54, 1.807) is 0 Å². The molecule has 0 aliphatic carbocycles. The molecule has 1 aliphatic heterocycles. The molecule has 4 aromatic rings. The maximum atomic E-state index is 4.67. The van der Waals surface area contributed by atoms with Crippen LogP contribution in [0.3, 0.4) is 0 Å². The maximum Gasteiger partial charge on any atom is 0.161 e. The number of hydrogen-bond acceptors (Lipinski definition) is 6. The van der Waals surface area contributed by atoms with Gasteiger partial charge in [0.1, 0.15) is 5.82 Å². The molecule has 0 aromatic carbocycles. The first-order chi connectivity index (χ1) is 14.3. The van der Waals surface area contributed by atoms with Crippen LogP contribution in [0.25, 0.3) is 16.9 Å². The lowest BCUT2D eigenvalue weighted by molar-refractivity contribution is 0.585. The van der Waals surface area contributed by atoms with Gasteiger partial charge in [-0.15, -0.1) is 0 Å². The van der Waals surface area contributed by atoms with Crippen molar-refractivity contribution in [1.29, 1.82) is 0 Å². The molecule has 148 valence electrons. The Hall–Kier alpha value is -3.39. The zero-order valence-corrected chi connectivity index (χ0v) is 16.4. The van der Waals surface area contributed by atoms with Crippen LogP contribution in [0, 0.1) is 0 Å². The molecule has 2 N–H and O–H groups in total. The number of anilines is 3. The van der Waals surface area contributed by atoms with E-state index in [0.717, 1.165) is 66.8 Å². The van der Waals surface area contributed by atoms with Gasteiger partial charge in [0.25, 0.3) is 0 Å². The van der Waals surface area contributed by atoms with Crippen LogP contribution in [0.4, 0.5) is 17.2 Å². The van der Waals surface area contributed by atoms with Crippen LogP contribution in [-0.2, 0) is 6.54 Å². The number of aryl methyl sites for hydroxylation is 1. The first kappa shape index (κ1) is 17.7. The van der Waals surface area contributed by atoms with E-state index in [9.17, 15) is 0 Å². The van der Waals surface area contributed by atoms with Gasteiger partial charge in [0.2, 0.25) is 0 Å². The van der Waals surface area contributed by atoms with Crippen molar-refractivity contribution in [2.24, 2.45) is 0 Å². The van der Waals surface area contributed by atoms with Crippen molar-refractivity contribution in [1.82, 2.24) is 29.5 Å². The molecule has 1 saturated heterocycles. The number of rotatable bonds is 5. The summed E-state index contributed by atoms with van der Waals surface area (Å²) in [6.45, 7) is 6.86. The molecule has 0 spiro atoms. The van der Waals surface area contributed by atoms with Crippen molar-refractivity contribution in [2.45, 2.75) is 13.5 Å². The lowest BCUT2D eigenvalue weighted by Gasteiger charge is -2.28. The summed E-state index contributed by atoms with van der Waals surface area (Å²) in [5.74, 6) is 1.000. The molecule has 5 rings (SSSR count). The van der Waals surface area contributed by atoms with Gasteiger partial charge in [0, 0.05) is 68.6 Å². The fourth-order valence-electron chi connectivity index (χ4n) is 3.71. The summed E-state index contributed by atoms with van der Waals surface area (Å²) in [7, 11) is 0. The fraction of sp³-hybridized carbons (Fsp3) is 0.286. The highest BCUT2D eigenvalue weighted by molar-refractivity contribution is 5.77. The van der Waals surface area contributed by atoms with E-state index < -0.39 is 0 Å². The molecule has 1 fully saturated rings. The number of hydrogen-bond donors (Lipinski definition) is 2. The summed E-state index contributed by atoms with van der Waals surface area (Å²) in [5, 5.41) is 11.3. The zero-order chi connectivity index (χ0) is 19.6. The summed E-state index contributed by atoms with van der Waals surface area (Å²) in [6.07, 6.45) is 9.72. The number of aromatic nitrogens is 5. The standard InChI is InChI=1S/C21H24N8/c1-2-28-15-16(13-25-28)19-14-24-21-18(4-3-9-29(19)21)26-17-5-6-23-20(12-17)27-10-7-22-8-11-27/h3-6,9,12-15,22H,2,7-8,10-11H2,1H3,(H,23,26). The normalized spacial score (nSPS) is 14.4.